The minimum atomic E-state index is -0.0211. The van der Waals surface area contributed by atoms with E-state index in [1.807, 2.05) is 30.1 Å². The van der Waals surface area contributed by atoms with Crippen LogP contribution < -0.4 is 14.4 Å². The zero-order valence-corrected chi connectivity index (χ0v) is 13.0. The van der Waals surface area contributed by atoms with E-state index in [2.05, 4.69) is 6.07 Å². The van der Waals surface area contributed by atoms with Crippen LogP contribution in [0.2, 0.25) is 0 Å². The summed E-state index contributed by atoms with van der Waals surface area (Å²) in [5.41, 5.74) is 2.90. The van der Waals surface area contributed by atoms with Crippen molar-refractivity contribution >= 4 is 11.5 Å². The van der Waals surface area contributed by atoms with E-state index in [-0.39, 0.29) is 12.6 Å². The highest BCUT2D eigenvalue weighted by Crippen LogP contribution is 2.33. The molecule has 23 heavy (non-hydrogen) atoms. The number of benzene rings is 2. The number of carbonyl (C=O) groups excluding carboxylic acids is 1. The van der Waals surface area contributed by atoms with E-state index in [1.54, 1.807) is 18.2 Å². The number of hydrogen-bond acceptors (Lipinski definition) is 5. The summed E-state index contributed by atoms with van der Waals surface area (Å²) in [5.74, 6) is 1.45. The SMILES string of the molecule is CC(=O)c1ccc(C#N)c(N(C)Cc2ccc3c(c2)OCO3)c1. The number of nitrogens with zero attached hydrogens (tertiary/aromatic N) is 2. The van der Waals surface area contributed by atoms with Crippen LogP contribution in [0, 0.1) is 11.3 Å². The number of hydrogen-bond donors (Lipinski definition) is 0. The molecule has 1 heterocycles. The lowest BCUT2D eigenvalue weighted by Crippen LogP contribution is -2.18. The van der Waals surface area contributed by atoms with Crippen molar-refractivity contribution in [2.24, 2.45) is 0 Å². The van der Waals surface area contributed by atoms with Crippen molar-refractivity contribution in [1.29, 1.82) is 5.26 Å². The lowest BCUT2D eigenvalue weighted by molar-refractivity contribution is 0.101. The van der Waals surface area contributed by atoms with Crippen molar-refractivity contribution in [3.63, 3.8) is 0 Å². The number of carbonyl (C=O) groups is 1. The Labute approximate surface area is 134 Å². The summed E-state index contributed by atoms with van der Waals surface area (Å²) < 4.78 is 10.7. The fourth-order valence-electron chi connectivity index (χ4n) is 2.56. The van der Waals surface area contributed by atoms with E-state index < -0.39 is 0 Å². The van der Waals surface area contributed by atoms with E-state index in [0.29, 0.717) is 17.7 Å². The normalized spacial score (nSPS) is 11.9. The largest absolute Gasteiger partial charge is 0.454 e. The maximum atomic E-state index is 11.6. The monoisotopic (exact) mass is 308 g/mol. The van der Waals surface area contributed by atoms with Crippen LogP contribution in [0.4, 0.5) is 5.69 Å². The quantitative estimate of drug-likeness (QED) is 0.812. The molecule has 5 nitrogen and oxygen atoms in total. The van der Waals surface area contributed by atoms with Crippen LogP contribution in [0.1, 0.15) is 28.4 Å². The van der Waals surface area contributed by atoms with Gasteiger partial charge >= 0.3 is 0 Å². The topological polar surface area (TPSA) is 62.6 Å². The standard InChI is InChI=1S/C18H16N2O3/c1-12(21)14-4-5-15(9-19)16(8-14)20(2)10-13-3-6-17-18(7-13)23-11-22-17/h3-8H,10-11H2,1-2H3. The van der Waals surface area contributed by atoms with Crippen LogP contribution in [-0.4, -0.2) is 19.6 Å². The number of anilines is 1. The predicted octanol–water partition coefficient (Wildman–Crippen LogP) is 3.13. The van der Waals surface area contributed by atoms with Gasteiger partial charge in [0.15, 0.2) is 17.3 Å². The molecule has 0 N–H and O–H groups in total. The van der Waals surface area contributed by atoms with E-state index in [9.17, 15) is 10.1 Å². The number of rotatable bonds is 4. The Hall–Kier alpha value is -3.00. The first-order chi connectivity index (χ1) is 11.1. The molecule has 3 rings (SSSR count). The molecule has 0 aliphatic carbocycles. The van der Waals surface area contributed by atoms with Crippen LogP contribution in [0.5, 0.6) is 11.5 Å². The van der Waals surface area contributed by atoms with Crippen molar-refractivity contribution < 1.29 is 14.3 Å². The van der Waals surface area contributed by atoms with E-state index >= 15 is 0 Å². The van der Waals surface area contributed by atoms with Gasteiger partial charge in [0.25, 0.3) is 0 Å². The molecule has 0 amide bonds. The number of ketones is 1. The van der Waals surface area contributed by atoms with Crippen molar-refractivity contribution in [3.05, 3.63) is 53.1 Å². The highest BCUT2D eigenvalue weighted by atomic mass is 16.7. The minimum absolute atomic E-state index is 0.0211. The first-order valence-corrected chi connectivity index (χ1v) is 7.23. The zero-order chi connectivity index (χ0) is 16.4. The fourth-order valence-corrected chi connectivity index (χ4v) is 2.56. The third-order valence-electron chi connectivity index (χ3n) is 3.79. The van der Waals surface area contributed by atoms with Crippen molar-refractivity contribution in [1.82, 2.24) is 0 Å². The third kappa shape index (κ3) is 2.97. The fraction of sp³-hybridized carbons (Fsp3) is 0.222. The van der Waals surface area contributed by atoms with Gasteiger partial charge in [0.1, 0.15) is 6.07 Å². The van der Waals surface area contributed by atoms with Crippen molar-refractivity contribution in [2.45, 2.75) is 13.5 Å². The van der Waals surface area contributed by atoms with E-state index in [4.69, 9.17) is 9.47 Å². The van der Waals surface area contributed by atoms with E-state index in [0.717, 1.165) is 22.7 Å². The van der Waals surface area contributed by atoms with Gasteiger partial charge in [0, 0.05) is 19.2 Å². The number of nitriles is 1. The first-order valence-electron chi connectivity index (χ1n) is 7.23. The van der Waals surface area contributed by atoms with Gasteiger partial charge in [-0.2, -0.15) is 5.26 Å². The molecule has 2 aromatic carbocycles. The second kappa shape index (κ2) is 6.01. The summed E-state index contributed by atoms with van der Waals surface area (Å²) in [5, 5.41) is 9.29. The maximum Gasteiger partial charge on any atom is 0.231 e. The summed E-state index contributed by atoms with van der Waals surface area (Å²) >= 11 is 0. The van der Waals surface area contributed by atoms with Crippen LogP contribution in [0.15, 0.2) is 36.4 Å². The molecule has 0 bridgehead atoms. The molecule has 0 saturated heterocycles. The van der Waals surface area contributed by atoms with Gasteiger partial charge < -0.3 is 14.4 Å². The molecular weight excluding hydrogens is 292 g/mol. The highest BCUT2D eigenvalue weighted by Gasteiger charge is 2.15. The molecular formula is C18H16N2O3. The molecule has 1 aliphatic heterocycles. The van der Waals surface area contributed by atoms with Gasteiger partial charge in [-0.3, -0.25) is 4.79 Å². The van der Waals surface area contributed by atoms with Gasteiger partial charge in [-0.25, -0.2) is 0 Å². The molecule has 0 saturated carbocycles. The Bertz CT molecular complexity index is 808. The highest BCUT2D eigenvalue weighted by molar-refractivity contribution is 5.95. The molecule has 5 heteroatoms. The number of Topliss-reactive ketones (excluding diaryl/α,β-unsaturated/α-hetero) is 1. The average molecular weight is 308 g/mol. The van der Waals surface area contributed by atoms with Crippen LogP contribution in [0.3, 0.4) is 0 Å². The number of ether oxygens (including phenoxy) is 2. The second-order valence-electron chi connectivity index (χ2n) is 5.44. The summed E-state index contributed by atoms with van der Waals surface area (Å²) in [6.07, 6.45) is 0. The smallest absolute Gasteiger partial charge is 0.231 e. The lowest BCUT2D eigenvalue weighted by Gasteiger charge is -2.21. The molecule has 0 atom stereocenters. The van der Waals surface area contributed by atoms with Gasteiger partial charge in [-0.05, 0) is 42.8 Å². The van der Waals surface area contributed by atoms with Gasteiger partial charge in [-0.1, -0.05) is 6.07 Å². The molecule has 0 radical (unpaired) electrons. The molecule has 1 aliphatic rings. The summed E-state index contributed by atoms with van der Waals surface area (Å²) in [4.78, 5) is 13.5. The summed E-state index contributed by atoms with van der Waals surface area (Å²) in [6.45, 7) is 2.35. The van der Waals surface area contributed by atoms with Gasteiger partial charge in [0.2, 0.25) is 6.79 Å². The molecule has 0 fully saturated rings. The third-order valence-corrected chi connectivity index (χ3v) is 3.79. The molecule has 0 spiro atoms. The molecule has 2 aromatic rings. The summed E-state index contributed by atoms with van der Waals surface area (Å²) in [6, 6.07) is 13.1. The molecule has 0 unspecified atom stereocenters. The predicted molar refractivity (Wildman–Crippen MR) is 85.8 cm³/mol. The summed E-state index contributed by atoms with van der Waals surface area (Å²) in [7, 11) is 1.89. The van der Waals surface area contributed by atoms with Crippen LogP contribution in [-0.2, 0) is 6.54 Å². The Morgan fingerprint density at radius 2 is 2.00 bits per heavy atom. The maximum absolute atomic E-state index is 11.6. The minimum Gasteiger partial charge on any atom is -0.454 e. The Kier molecular flexibility index (Phi) is 3.90. The van der Waals surface area contributed by atoms with Crippen LogP contribution in [0.25, 0.3) is 0 Å². The molecule has 0 aromatic heterocycles. The Morgan fingerprint density at radius 1 is 1.22 bits per heavy atom. The Morgan fingerprint density at radius 3 is 2.74 bits per heavy atom. The van der Waals surface area contributed by atoms with E-state index in [1.165, 1.54) is 6.92 Å². The lowest BCUT2D eigenvalue weighted by atomic mass is 10.1. The van der Waals surface area contributed by atoms with Gasteiger partial charge in [0.05, 0.1) is 11.3 Å². The van der Waals surface area contributed by atoms with Crippen LogP contribution >= 0.6 is 0 Å². The zero-order valence-electron chi connectivity index (χ0n) is 13.0. The molecule has 116 valence electrons. The van der Waals surface area contributed by atoms with Crippen molar-refractivity contribution in [2.75, 3.05) is 18.7 Å². The van der Waals surface area contributed by atoms with Crippen molar-refractivity contribution in [3.8, 4) is 17.6 Å². The number of fused-ring (bicyclic) bond motifs is 1. The van der Waals surface area contributed by atoms with Gasteiger partial charge in [-0.15, -0.1) is 0 Å². The Balaban J connectivity index is 1.88. The second-order valence-corrected chi connectivity index (χ2v) is 5.44. The average Bonchev–Trinajstić information content (AvgIpc) is 3.01. The first kappa shape index (κ1) is 14.9.